The Bertz CT molecular complexity index is 392. The topological polar surface area (TPSA) is 12.0 Å². The zero-order valence-electron chi connectivity index (χ0n) is 12.6. The van der Waals surface area contributed by atoms with Crippen molar-refractivity contribution in [2.24, 2.45) is 11.8 Å². The molecule has 0 saturated heterocycles. The first-order chi connectivity index (χ1) is 9.72. The summed E-state index contributed by atoms with van der Waals surface area (Å²) in [6.07, 6.45) is 7.05. The number of benzene rings is 1. The third kappa shape index (κ3) is 4.78. The molecule has 1 N–H and O–H groups in total. The second-order valence-corrected chi connectivity index (χ2v) is 7.87. The normalized spacial score (nSPS) is 24.6. The van der Waals surface area contributed by atoms with Crippen LogP contribution in [0, 0.1) is 11.8 Å². The molecule has 2 rings (SSSR count). The molecule has 3 atom stereocenters. The molecule has 20 heavy (non-hydrogen) atoms. The minimum Gasteiger partial charge on any atom is -0.316 e. The van der Waals surface area contributed by atoms with Crippen molar-refractivity contribution < 1.29 is 0 Å². The molecule has 0 aliphatic heterocycles. The van der Waals surface area contributed by atoms with E-state index in [1.165, 1.54) is 42.8 Å². The van der Waals surface area contributed by atoms with Gasteiger partial charge in [-0.2, -0.15) is 0 Å². The fraction of sp³-hybridized carbons (Fsp3) is 0.647. The van der Waals surface area contributed by atoms with E-state index in [2.05, 4.69) is 59.5 Å². The highest BCUT2D eigenvalue weighted by atomic mass is 79.9. The van der Waals surface area contributed by atoms with Gasteiger partial charge >= 0.3 is 0 Å². The number of thioether (sulfide) groups is 1. The molecule has 1 aromatic carbocycles. The average Bonchev–Trinajstić information content (AvgIpc) is 2.50. The zero-order valence-corrected chi connectivity index (χ0v) is 15.0. The summed E-state index contributed by atoms with van der Waals surface area (Å²) in [5, 5.41) is 3.57. The van der Waals surface area contributed by atoms with Gasteiger partial charge in [0.2, 0.25) is 0 Å². The summed E-state index contributed by atoms with van der Waals surface area (Å²) in [6.45, 7) is 2.35. The van der Waals surface area contributed by atoms with E-state index in [9.17, 15) is 0 Å². The van der Waals surface area contributed by atoms with Crippen LogP contribution < -0.4 is 5.32 Å². The van der Waals surface area contributed by atoms with Gasteiger partial charge in [0.25, 0.3) is 0 Å². The third-order valence-corrected chi connectivity index (χ3v) is 6.24. The van der Waals surface area contributed by atoms with Crippen molar-refractivity contribution in [1.82, 2.24) is 5.32 Å². The van der Waals surface area contributed by atoms with Crippen molar-refractivity contribution in [2.45, 2.75) is 50.0 Å². The molecule has 0 spiro atoms. The molecule has 0 bridgehead atoms. The highest BCUT2D eigenvalue weighted by Crippen LogP contribution is 2.34. The minimum atomic E-state index is 0.651. The summed E-state index contributed by atoms with van der Waals surface area (Å²) in [5.74, 6) is 3.00. The van der Waals surface area contributed by atoms with E-state index in [0.717, 1.165) is 16.3 Å². The Hall–Kier alpha value is 0.01000. The van der Waals surface area contributed by atoms with Gasteiger partial charge in [-0.25, -0.2) is 0 Å². The summed E-state index contributed by atoms with van der Waals surface area (Å²) in [5.41, 5.74) is 0. The maximum Gasteiger partial charge on any atom is 0.0187 e. The lowest BCUT2D eigenvalue weighted by Gasteiger charge is -2.34. The van der Waals surface area contributed by atoms with Gasteiger partial charge in [0.15, 0.2) is 0 Å². The van der Waals surface area contributed by atoms with Gasteiger partial charge in [-0.05, 0) is 56.0 Å². The second kappa shape index (κ2) is 8.45. The van der Waals surface area contributed by atoms with Crippen LogP contribution in [0.4, 0.5) is 0 Å². The van der Waals surface area contributed by atoms with Crippen LogP contribution in [0.3, 0.4) is 0 Å². The molecular formula is C17H26BrNS. The smallest absolute Gasteiger partial charge is 0.0187 e. The van der Waals surface area contributed by atoms with Crippen LogP contribution in [0.15, 0.2) is 33.6 Å². The van der Waals surface area contributed by atoms with E-state index in [0.29, 0.717) is 6.04 Å². The van der Waals surface area contributed by atoms with Crippen LogP contribution in [-0.4, -0.2) is 18.8 Å². The van der Waals surface area contributed by atoms with Gasteiger partial charge in [-0.1, -0.05) is 42.1 Å². The van der Waals surface area contributed by atoms with E-state index in [4.69, 9.17) is 0 Å². The third-order valence-electron chi connectivity index (χ3n) is 4.58. The maximum absolute atomic E-state index is 3.57. The molecule has 3 heteroatoms. The predicted octanol–water partition coefficient (Wildman–Crippen LogP) is 5.35. The fourth-order valence-corrected chi connectivity index (χ4v) is 4.64. The largest absolute Gasteiger partial charge is 0.316 e. The quantitative estimate of drug-likeness (QED) is 0.690. The second-order valence-electron chi connectivity index (χ2n) is 5.86. The van der Waals surface area contributed by atoms with Crippen LogP contribution in [0.5, 0.6) is 0 Å². The highest BCUT2D eigenvalue weighted by Gasteiger charge is 2.26. The van der Waals surface area contributed by atoms with Gasteiger partial charge < -0.3 is 5.32 Å². The molecule has 112 valence electrons. The van der Waals surface area contributed by atoms with Crippen LogP contribution in [0.2, 0.25) is 0 Å². The maximum atomic E-state index is 3.57. The van der Waals surface area contributed by atoms with Crippen LogP contribution >= 0.6 is 27.7 Å². The van der Waals surface area contributed by atoms with Gasteiger partial charge in [0, 0.05) is 21.2 Å². The van der Waals surface area contributed by atoms with Gasteiger partial charge in [-0.3, -0.25) is 0 Å². The molecule has 1 aliphatic carbocycles. The molecular weight excluding hydrogens is 330 g/mol. The number of rotatable bonds is 6. The predicted molar refractivity (Wildman–Crippen MR) is 93.5 cm³/mol. The molecule has 3 unspecified atom stereocenters. The van der Waals surface area contributed by atoms with Crippen molar-refractivity contribution in [3.8, 4) is 0 Å². The molecule has 0 radical (unpaired) electrons. The molecule has 1 aliphatic rings. The van der Waals surface area contributed by atoms with E-state index >= 15 is 0 Å². The first kappa shape index (κ1) is 16.4. The van der Waals surface area contributed by atoms with Crippen molar-refractivity contribution in [2.75, 3.05) is 12.8 Å². The van der Waals surface area contributed by atoms with Crippen molar-refractivity contribution in [3.63, 3.8) is 0 Å². The average molecular weight is 356 g/mol. The minimum absolute atomic E-state index is 0.651. The lowest BCUT2D eigenvalue weighted by molar-refractivity contribution is 0.223. The standard InChI is InChI=1S/C17H26BrNS/c1-3-13-5-4-6-14(11-13)17(19-2)12-20-16-9-7-15(18)8-10-16/h7-10,13-14,17,19H,3-6,11-12H2,1-2H3. The zero-order chi connectivity index (χ0) is 14.4. The van der Waals surface area contributed by atoms with Crippen LogP contribution in [0.1, 0.15) is 39.0 Å². The number of nitrogens with one attached hydrogen (secondary N) is 1. The van der Waals surface area contributed by atoms with E-state index < -0.39 is 0 Å². The number of halogens is 1. The molecule has 1 saturated carbocycles. The Labute approximate surface area is 136 Å². The van der Waals surface area contributed by atoms with Gasteiger partial charge in [0.05, 0.1) is 0 Å². The number of hydrogen-bond donors (Lipinski definition) is 1. The SMILES string of the molecule is CCC1CCCC(C(CSc2ccc(Br)cc2)NC)C1. The molecule has 1 nitrogen and oxygen atoms in total. The lowest BCUT2D eigenvalue weighted by atomic mass is 9.77. The summed E-state index contributed by atoms with van der Waals surface area (Å²) >= 11 is 5.48. The fourth-order valence-electron chi connectivity index (χ4n) is 3.24. The van der Waals surface area contributed by atoms with Crippen LogP contribution in [-0.2, 0) is 0 Å². The highest BCUT2D eigenvalue weighted by molar-refractivity contribution is 9.10. The van der Waals surface area contributed by atoms with E-state index in [1.807, 2.05) is 11.8 Å². The Morgan fingerprint density at radius 1 is 1.30 bits per heavy atom. The van der Waals surface area contributed by atoms with Crippen molar-refractivity contribution >= 4 is 27.7 Å². The summed E-state index contributed by atoms with van der Waals surface area (Å²) in [4.78, 5) is 1.37. The molecule has 1 fully saturated rings. The molecule has 0 amide bonds. The Balaban J connectivity index is 1.86. The van der Waals surface area contributed by atoms with E-state index in [1.54, 1.807) is 0 Å². The first-order valence-electron chi connectivity index (χ1n) is 7.78. The lowest BCUT2D eigenvalue weighted by Crippen LogP contribution is -2.38. The van der Waals surface area contributed by atoms with E-state index in [-0.39, 0.29) is 0 Å². The molecule has 0 heterocycles. The Kier molecular flexibility index (Phi) is 6.92. The first-order valence-corrected chi connectivity index (χ1v) is 9.56. The Morgan fingerprint density at radius 2 is 2.05 bits per heavy atom. The summed E-state index contributed by atoms with van der Waals surface area (Å²) in [7, 11) is 2.13. The summed E-state index contributed by atoms with van der Waals surface area (Å²) in [6, 6.07) is 9.32. The summed E-state index contributed by atoms with van der Waals surface area (Å²) < 4.78 is 1.16. The Morgan fingerprint density at radius 3 is 2.70 bits per heavy atom. The van der Waals surface area contributed by atoms with Gasteiger partial charge in [-0.15, -0.1) is 11.8 Å². The van der Waals surface area contributed by atoms with Crippen molar-refractivity contribution in [1.29, 1.82) is 0 Å². The van der Waals surface area contributed by atoms with Gasteiger partial charge in [0.1, 0.15) is 0 Å². The number of hydrogen-bond acceptors (Lipinski definition) is 2. The van der Waals surface area contributed by atoms with Crippen LogP contribution in [0.25, 0.3) is 0 Å². The van der Waals surface area contributed by atoms with Crippen molar-refractivity contribution in [3.05, 3.63) is 28.7 Å². The monoisotopic (exact) mass is 355 g/mol. The molecule has 1 aromatic rings. The molecule has 0 aromatic heterocycles.